The van der Waals surface area contributed by atoms with Crippen molar-refractivity contribution >= 4 is 12.0 Å². The smallest absolute Gasteiger partial charge is 0.317 e. The minimum atomic E-state index is -0.927. The minimum Gasteiger partial charge on any atom is -0.481 e. The van der Waals surface area contributed by atoms with E-state index in [2.05, 4.69) is 15.3 Å². The molecular formula is C12H18N4O3. The first-order valence-electron chi connectivity index (χ1n) is 5.89. The van der Waals surface area contributed by atoms with E-state index in [1.54, 1.807) is 26.4 Å². The first-order valence-corrected chi connectivity index (χ1v) is 5.89. The number of aliphatic carboxylic acids is 1. The van der Waals surface area contributed by atoms with Crippen molar-refractivity contribution in [2.75, 3.05) is 13.6 Å². The number of carbonyl (C=O) groups is 2. The summed E-state index contributed by atoms with van der Waals surface area (Å²) >= 11 is 0. The third-order valence-electron chi connectivity index (χ3n) is 2.57. The van der Waals surface area contributed by atoms with Crippen LogP contribution < -0.4 is 5.32 Å². The summed E-state index contributed by atoms with van der Waals surface area (Å²) in [6.07, 6.45) is 3.22. The van der Waals surface area contributed by atoms with Gasteiger partial charge in [-0.3, -0.25) is 14.8 Å². The normalized spacial score (nSPS) is 11.7. The van der Waals surface area contributed by atoms with Crippen molar-refractivity contribution in [1.29, 1.82) is 0 Å². The molecule has 0 aromatic carbocycles. The summed E-state index contributed by atoms with van der Waals surface area (Å²) in [6.45, 7) is 3.80. The number of aryl methyl sites for hydroxylation is 1. The number of nitrogens with zero attached hydrogens (tertiary/aromatic N) is 3. The van der Waals surface area contributed by atoms with Gasteiger partial charge < -0.3 is 15.3 Å². The fourth-order valence-electron chi connectivity index (χ4n) is 1.38. The average molecular weight is 266 g/mol. The lowest BCUT2D eigenvalue weighted by atomic mass is 10.2. The molecule has 0 aliphatic rings. The SMILES string of the molecule is Cc1cnc(CNC(=O)N(C)CC(C)C(=O)O)cn1. The van der Waals surface area contributed by atoms with Crippen molar-refractivity contribution in [2.24, 2.45) is 5.92 Å². The van der Waals surface area contributed by atoms with E-state index in [9.17, 15) is 9.59 Å². The summed E-state index contributed by atoms with van der Waals surface area (Å²) < 4.78 is 0. The van der Waals surface area contributed by atoms with Gasteiger partial charge in [-0.05, 0) is 6.92 Å². The molecule has 1 unspecified atom stereocenters. The number of urea groups is 1. The van der Waals surface area contributed by atoms with E-state index in [4.69, 9.17) is 5.11 Å². The fraction of sp³-hybridized carbons (Fsp3) is 0.500. The van der Waals surface area contributed by atoms with E-state index in [1.165, 1.54) is 4.90 Å². The van der Waals surface area contributed by atoms with Crippen molar-refractivity contribution < 1.29 is 14.7 Å². The maximum atomic E-state index is 11.7. The Morgan fingerprint density at radius 2 is 2.11 bits per heavy atom. The van der Waals surface area contributed by atoms with Crippen molar-refractivity contribution in [3.63, 3.8) is 0 Å². The van der Waals surface area contributed by atoms with Gasteiger partial charge in [-0.15, -0.1) is 0 Å². The topological polar surface area (TPSA) is 95.4 Å². The molecule has 0 fully saturated rings. The summed E-state index contributed by atoms with van der Waals surface area (Å²) in [5, 5.41) is 11.4. The van der Waals surface area contributed by atoms with Gasteiger partial charge in [0.25, 0.3) is 0 Å². The van der Waals surface area contributed by atoms with Crippen LogP contribution in [0.15, 0.2) is 12.4 Å². The number of carboxylic acids is 1. The minimum absolute atomic E-state index is 0.154. The summed E-state index contributed by atoms with van der Waals surface area (Å²) in [6, 6.07) is -0.338. The summed E-state index contributed by atoms with van der Waals surface area (Å²) in [5.74, 6) is -1.53. The van der Waals surface area contributed by atoms with E-state index < -0.39 is 11.9 Å². The molecule has 0 spiro atoms. The van der Waals surface area contributed by atoms with Gasteiger partial charge >= 0.3 is 12.0 Å². The van der Waals surface area contributed by atoms with Crippen molar-refractivity contribution in [1.82, 2.24) is 20.2 Å². The highest BCUT2D eigenvalue weighted by Gasteiger charge is 2.17. The van der Waals surface area contributed by atoms with Gasteiger partial charge in [-0.1, -0.05) is 6.92 Å². The predicted octanol–water partition coefficient (Wildman–Crippen LogP) is 0.647. The van der Waals surface area contributed by atoms with E-state index >= 15 is 0 Å². The monoisotopic (exact) mass is 266 g/mol. The number of carboxylic acid groups (broad SMARTS) is 1. The third-order valence-corrected chi connectivity index (χ3v) is 2.57. The molecule has 0 bridgehead atoms. The highest BCUT2D eigenvalue weighted by Crippen LogP contribution is 1.99. The molecule has 7 heteroatoms. The van der Waals surface area contributed by atoms with E-state index in [0.717, 1.165) is 5.69 Å². The Hall–Kier alpha value is -2.18. The maximum absolute atomic E-state index is 11.7. The van der Waals surface area contributed by atoms with Crippen molar-refractivity contribution in [3.8, 4) is 0 Å². The summed E-state index contributed by atoms with van der Waals surface area (Å²) in [4.78, 5) is 31.9. The van der Waals surface area contributed by atoms with E-state index in [1.807, 2.05) is 6.92 Å². The van der Waals surface area contributed by atoms with Gasteiger partial charge in [0.1, 0.15) is 0 Å². The molecule has 1 heterocycles. The number of amides is 2. The third kappa shape index (κ3) is 4.90. The Bertz CT molecular complexity index is 447. The highest BCUT2D eigenvalue weighted by molar-refractivity contribution is 5.75. The second kappa shape index (κ2) is 6.67. The average Bonchev–Trinajstić information content (AvgIpc) is 2.37. The van der Waals surface area contributed by atoms with Crippen molar-refractivity contribution in [3.05, 3.63) is 23.8 Å². The summed E-state index contributed by atoms with van der Waals surface area (Å²) in [5.41, 5.74) is 1.46. The molecule has 1 atom stereocenters. The first kappa shape index (κ1) is 14.9. The largest absolute Gasteiger partial charge is 0.481 e. The first-order chi connectivity index (χ1) is 8.90. The number of aromatic nitrogens is 2. The van der Waals surface area contributed by atoms with Crippen LogP contribution in [0, 0.1) is 12.8 Å². The lowest BCUT2D eigenvalue weighted by molar-refractivity contribution is -0.141. The van der Waals surface area contributed by atoms with E-state index in [0.29, 0.717) is 5.69 Å². The second-order valence-corrected chi connectivity index (χ2v) is 4.43. The Kier molecular flexibility index (Phi) is 5.23. The molecule has 104 valence electrons. The molecular weight excluding hydrogens is 248 g/mol. The standard InChI is InChI=1S/C12H18N4O3/c1-8(11(17)18)7-16(3)12(19)15-6-10-5-13-9(2)4-14-10/h4-5,8H,6-7H2,1-3H3,(H,15,19)(H,17,18). The predicted molar refractivity (Wildman–Crippen MR) is 68.4 cm³/mol. The van der Waals surface area contributed by atoms with Gasteiger partial charge in [-0.25, -0.2) is 4.79 Å². The van der Waals surface area contributed by atoms with Crippen LogP contribution in [0.25, 0.3) is 0 Å². The molecule has 1 aromatic rings. The lowest BCUT2D eigenvalue weighted by Crippen LogP contribution is -2.40. The molecule has 0 aliphatic heterocycles. The molecule has 7 nitrogen and oxygen atoms in total. The van der Waals surface area contributed by atoms with Crippen LogP contribution in [0.2, 0.25) is 0 Å². The quantitative estimate of drug-likeness (QED) is 0.815. The molecule has 2 N–H and O–H groups in total. The molecule has 19 heavy (non-hydrogen) atoms. The number of carbonyl (C=O) groups excluding carboxylic acids is 1. The maximum Gasteiger partial charge on any atom is 0.317 e. The fourth-order valence-corrected chi connectivity index (χ4v) is 1.38. The summed E-state index contributed by atoms with van der Waals surface area (Å²) in [7, 11) is 1.55. The second-order valence-electron chi connectivity index (χ2n) is 4.43. The molecule has 0 saturated heterocycles. The van der Waals surface area contributed by atoms with Crippen LogP contribution in [0.5, 0.6) is 0 Å². The van der Waals surface area contributed by atoms with E-state index in [-0.39, 0.29) is 19.1 Å². The van der Waals surface area contributed by atoms with Gasteiger partial charge in [0, 0.05) is 19.8 Å². The van der Waals surface area contributed by atoms with Gasteiger partial charge in [0.15, 0.2) is 0 Å². The Morgan fingerprint density at radius 1 is 1.42 bits per heavy atom. The zero-order chi connectivity index (χ0) is 14.4. The van der Waals surface area contributed by atoms with Crippen LogP contribution in [-0.2, 0) is 11.3 Å². The zero-order valence-electron chi connectivity index (χ0n) is 11.3. The van der Waals surface area contributed by atoms with Crippen LogP contribution >= 0.6 is 0 Å². The van der Waals surface area contributed by atoms with Crippen molar-refractivity contribution in [2.45, 2.75) is 20.4 Å². The van der Waals surface area contributed by atoms with Gasteiger partial charge in [0.2, 0.25) is 0 Å². The molecule has 1 rings (SSSR count). The van der Waals surface area contributed by atoms with Crippen LogP contribution in [0.1, 0.15) is 18.3 Å². The Labute approximate surface area is 111 Å². The van der Waals surface area contributed by atoms with Crippen LogP contribution in [0.3, 0.4) is 0 Å². The van der Waals surface area contributed by atoms with Gasteiger partial charge in [0.05, 0.1) is 30.0 Å². The number of hydrogen-bond acceptors (Lipinski definition) is 4. The Balaban J connectivity index is 2.42. The zero-order valence-corrected chi connectivity index (χ0v) is 11.3. The number of nitrogens with one attached hydrogen (secondary N) is 1. The Morgan fingerprint density at radius 3 is 2.63 bits per heavy atom. The molecule has 0 aliphatic carbocycles. The number of rotatable bonds is 5. The van der Waals surface area contributed by atoms with Crippen LogP contribution in [-0.4, -0.2) is 45.6 Å². The molecule has 2 amide bonds. The molecule has 0 saturated carbocycles. The lowest BCUT2D eigenvalue weighted by Gasteiger charge is -2.19. The number of hydrogen-bond donors (Lipinski definition) is 2. The van der Waals surface area contributed by atoms with Gasteiger partial charge in [-0.2, -0.15) is 0 Å². The molecule has 1 aromatic heterocycles. The highest BCUT2D eigenvalue weighted by atomic mass is 16.4. The van der Waals surface area contributed by atoms with Crippen LogP contribution in [0.4, 0.5) is 4.79 Å². The molecule has 0 radical (unpaired) electrons.